The largest absolute Gasteiger partial charge is 0.481 e. The number of rotatable bonds is 3. The number of halogens is 1. The number of piperidine rings is 1. The number of carboxylic acids is 1. The van der Waals surface area contributed by atoms with Gasteiger partial charge in [0.2, 0.25) is 11.8 Å². The van der Waals surface area contributed by atoms with E-state index in [0.717, 1.165) is 5.69 Å². The Labute approximate surface area is 145 Å². The number of hydrogen-bond acceptors (Lipinski definition) is 3. The van der Waals surface area contributed by atoms with Crippen molar-refractivity contribution in [3.05, 3.63) is 29.3 Å². The van der Waals surface area contributed by atoms with Crippen LogP contribution in [0.5, 0.6) is 0 Å². The average molecular weight is 351 g/mol. The highest BCUT2D eigenvalue weighted by Crippen LogP contribution is 2.29. The molecular formula is C17H19ClN2O4. The van der Waals surface area contributed by atoms with Crippen LogP contribution in [0.3, 0.4) is 0 Å². The van der Waals surface area contributed by atoms with E-state index in [1.165, 1.54) is 0 Å². The van der Waals surface area contributed by atoms with Gasteiger partial charge in [0.25, 0.3) is 0 Å². The Hall–Kier alpha value is -2.08. The lowest BCUT2D eigenvalue weighted by atomic mass is 9.95. The summed E-state index contributed by atoms with van der Waals surface area (Å²) in [6, 6.07) is 6.98. The number of benzene rings is 1. The number of hydrogen-bond donors (Lipinski definition) is 1. The predicted molar refractivity (Wildman–Crippen MR) is 88.9 cm³/mol. The fourth-order valence-electron chi connectivity index (χ4n) is 3.35. The minimum Gasteiger partial charge on any atom is -0.481 e. The van der Waals surface area contributed by atoms with Gasteiger partial charge in [-0.1, -0.05) is 11.6 Å². The molecular weight excluding hydrogens is 332 g/mol. The summed E-state index contributed by atoms with van der Waals surface area (Å²) in [5.41, 5.74) is 0.740. The number of amides is 2. The van der Waals surface area contributed by atoms with Crippen LogP contribution in [0.1, 0.15) is 19.3 Å². The Kier molecular flexibility index (Phi) is 4.76. The summed E-state index contributed by atoms with van der Waals surface area (Å²) in [5.74, 6) is -2.24. The third kappa shape index (κ3) is 3.24. The van der Waals surface area contributed by atoms with Crippen molar-refractivity contribution in [3.63, 3.8) is 0 Å². The van der Waals surface area contributed by atoms with Crippen LogP contribution in [0, 0.1) is 11.8 Å². The van der Waals surface area contributed by atoms with Crippen molar-refractivity contribution in [3.8, 4) is 0 Å². The van der Waals surface area contributed by atoms with E-state index in [1.807, 2.05) is 0 Å². The van der Waals surface area contributed by atoms with Gasteiger partial charge in [0, 0.05) is 30.3 Å². The van der Waals surface area contributed by atoms with Crippen LogP contribution < -0.4 is 4.90 Å². The maximum atomic E-state index is 12.6. The van der Waals surface area contributed by atoms with Gasteiger partial charge < -0.3 is 14.9 Å². The fourth-order valence-corrected chi connectivity index (χ4v) is 3.48. The second-order valence-corrected chi connectivity index (χ2v) is 6.68. The molecule has 0 unspecified atom stereocenters. The number of anilines is 1. The van der Waals surface area contributed by atoms with Gasteiger partial charge in [-0.3, -0.25) is 14.4 Å². The van der Waals surface area contributed by atoms with Gasteiger partial charge in [-0.15, -0.1) is 0 Å². The summed E-state index contributed by atoms with van der Waals surface area (Å²) in [6.45, 7) is 1.31. The maximum absolute atomic E-state index is 12.6. The summed E-state index contributed by atoms with van der Waals surface area (Å²) in [4.78, 5) is 39.5. The maximum Gasteiger partial charge on any atom is 0.306 e. The first-order chi connectivity index (χ1) is 11.5. The lowest BCUT2D eigenvalue weighted by Crippen LogP contribution is -2.45. The molecule has 0 aliphatic carbocycles. The SMILES string of the molecule is O=C(O)C1CCN(C(=O)[C@@H]2CCN(c3ccc(Cl)cc3)C2=O)CC1. The number of carbonyl (C=O) groups excluding carboxylic acids is 2. The first-order valence-electron chi connectivity index (χ1n) is 8.06. The molecule has 0 radical (unpaired) electrons. The van der Waals surface area contributed by atoms with Crippen molar-refractivity contribution in [2.24, 2.45) is 11.8 Å². The minimum atomic E-state index is -0.812. The Balaban J connectivity index is 1.64. The highest BCUT2D eigenvalue weighted by molar-refractivity contribution is 6.30. The Bertz CT molecular complexity index is 653. The van der Waals surface area contributed by atoms with Crippen LogP contribution in [-0.2, 0) is 14.4 Å². The van der Waals surface area contributed by atoms with E-state index in [9.17, 15) is 14.4 Å². The molecule has 2 amide bonds. The molecule has 24 heavy (non-hydrogen) atoms. The van der Waals surface area contributed by atoms with Crippen LogP contribution in [0.15, 0.2) is 24.3 Å². The zero-order chi connectivity index (χ0) is 17.3. The van der Waals surface area contributed by atoms with Gasteiger partial charge in [-0.2, -0.15) is 0 Å². The fraction of sp³-hybridized carbons (Fsp3) is 0.471. The molecule has 3 rings (SSSR count). The van der Waals surface area contributed by atoms with Gasteiger partial charge in [0.1, 0.15) is 5.92 Å². The van der Waals surface area contributed by atoms with Crippen LogP contribution in [0.25, 0.3) is 0 Å². The van der Waals surface area contributed by atoms with E-state index < -0.39 is 11.9 Å². The van der Waals surface area contributed by atoms with Crippen molar-refractivity contribution in [2.45, 2.75) is 19.3 Å². The van der Waals surface area contributed by atoms with Crippen molar-refractivity contribution in [2.75, 3.05) is 24.5 Å². The molecule has 128 valence electrons. The third-order valence-electron chi connectivity index (χ3n) is 4.80. The normalized spacial score (nSPS) is 22.0. The van der Waals surface area contributed by atoms with Crippen molar-refractivity contribution in [1.29, 1.82) is 0 Å². The molecule has 1 atom stereocenters. The van der Waals surface area contributed by atoms with E-state index in [0.29, 0.717) is 43.9 Å². The topological polar surface area (TPSA) is 77.9 Å². The Morgan fingerprint density at radius 2 is 1.67 bits per heavy atom. The van der Waals surface area contributed by atoms with Crippen LogP contribution in [0.2, 0.25) is 5.02 Å². The van der Waals surface area contributed by atoms with Gasteiger partial charge in [0.15, 0.2) is 0 Å². The van der Waals surface area contributed by atoms with Gasteiger partial charge in [0.05, 0.1) is 5.92 Å². The molecule has 2 aliphatic heterocycles. The summed E-state index contributed by atoms with van der Waals surface area (Å²) < 4.78 is 0. The van der Waals surface area contributed by atoms with Gasteiger partial charge in [-0.25, -0.2) is 0 Å². The second kappa shape index (κ2) is 6.81. The number of carbonyl (C=O) groups is 3. The van der Waals surface area contributed by atoms with Crippen LogP contribution in [-0.4, -0.2) is 47.4 Å². The number of aliphatic carboxylic acids is 1. The zero-order valence-corrected chi connectivity index (χ0v) is 13.9. The molecule has 0 saturated carbocycles. The van der Waals surface area contributed by atoms with E-state index in [4.69, 9.17) is 16.7 Å². The van der Waals surface area contributed by atoms with E-state index in [2.05, 4.69) is 0 Å². The number of carboxylic acid groups (broad SMARTS) is 1. The number of likely N-dealkylation sites (tertiary alicyclic amines) is 1. The molecule has 1 N–H and O–H groups in total. The molecule has 2 saturated heterocycles. The first kappa shape index (κ1) is 16.8. The van der Waals surface area contributed by atoms with Crippen LogP contribution in [0.4, 0.5) is 5.69 Å². The molecule has 1 aromatic carbocycles. The van der Waals surface area contributed by atoms with Crippen molar-refractivity contribution in [1.82, 2.24) is 4.90 Å². The zero-order valence-electron chi connectivity index (χ0n) is 13.2. The molecule has 1 aromatic rings. The van der Waals surface area contributed by atoms with E-state index in [1.54, 1.807) is 34.1 Å². The lowest BCUT2D eigenvalue weighted by Gasteiger charge is -2.31. The average Bonchev–Trinajstić information content (AvgIpc) is 2.96. The minimum absolute atomic E-state index is 0.180. The Morgan fingerprint density at radius 3 is 2.25 bits per heavy atom. The van der Waals surface area contributed by atoms with Gasteiger partial charge >= 0.3 is 5.97 Å². The molecule has 0 aromatic heterocycles. The smallest absolute Gasteiger partial charge is 0.306 e. The molecule has 2 aliphatic rings. The van der Waals surface area contributed by atoms with Crippen molar-refractivity contribution < 1.29 is 19.5 Å². The van der Waals surface area contributed by atoms with Crippen LogP contribution >= 0.6 is 11.6 Å². The highest BCUT2D eigenvalue weighted by Gasteiger charge is 2.40. The summed E-state index contributed by atoms with van der Waals surface area (Å²) in [5, 5.41) is 9.62. The number of nitrogens with zero attached hydrogens (tertiary/aromatic N) is 2. The molecule has 2 heterocycles. The first-order valence-corrected chi connectivity index (χ1v) is 8.43. The third-order valence-corrected chi connectivity index (χ3v) is 5.05. The highest BCUT2D eigenvalue weighted by atomic mass is 35.5. The van der Waals surface area contributed by atoms with Gasteiger partial charge in [-0.05, 0) is 43.5 Å². The molecule has 0 spiro atoms. The van der Waals surface area contributed by atoms with E-state index in [-0.39, 0.29) is 17.7 Å². The standard InChI is InChI=1S/C17H19ClN2O4/c18-12-1-3-13(4-2-12)20-10-7-14(16(20)22)15(21)19-8-5-11(6-9-19)17(23)24/h1-4,11,14H,5-10H2,(H,23,24)/t14-/m0/s1. The predicted octanol–water partition coefficient (Wildman–Crippen LogP) is 2.02. The monoisotopic (exact) mass is 350 g/mol. The molecule has 7 heteroatoms. The molecule has 6 nitrogen and oxygen atoms in total. The Morgan fingerprint density at radius 1 is 1.04 bits per heavy atom. The lowest BCUT2D eigenvalue weighted by molar-refractivity contribution is -0.148. The summed E-state index contributed by atoms with van der Waals surface area (Å²) >= 11 is 5.86. The molecule has 0 bridgehead atoms. The summed E-state index contributed by atoms with van der Waals surface area (Å²) in [7, 11) is 0. The quantitative estimate of drug-likeness (QED) is 0.846. The van der Waals surface area contributed by atoms with Crippen molar-refractivity contribution >= 4 is 35.1 Å². The second-order valence-electron chi connectivity index (χ2n) is 6.25. The summed E-state index contributed by atoms with van der Waals surface area (Å²) in [6.07, 6.45) is 1.38. The molecule has 2 fully saturated rings. The van der Waals surface area contributed by atoms with E-state index >= 15 is 0 Å².